The van der Waals surface area contributed by atoms with Crippen molar-refractivity contribution in [2.24, 2.45) is 0 Å². The second-order valence-electron chi connectivity index (χ2n) is 7.69. The van der Waals surface area contributed by atoms with Crippen LogP contribution < -0.4 is 0 Å². The lowest BCUT2D eigenvalue weighted by Gasteiger charge is -2.08. The number of hydrogen-bond donors (Lipinski definition) is 2. The Kier molecular flexibility index (Phi) is 7.23. The Hall–Kier alpha value is -3.28. The van der Waals surface area contributed by atoms with Crippen molar-refractivity contribution in [1.29, 1.82) is 0 Å². The van der Waals surface area contributed by atoms with E-state index in [9.17, 15) is 9.59 Å². The van der Waals surface area contributed by atoms with Crippen LogP contribution in [0.3, 0.4) is 0 Å². The Morgan fingerprint density at radius 1 is 0.750 bits per heavy atom. The van der Waals surface area contributed by atoms with Gasteiger partial charge >= 0.3 is 11.9 Å². The molecule has 2 heterocycles. The van der Waals surface area contributed by atoms with E-state index in [4.69, 9.17) is 9.47 Å². The van der Waals surface area contributed by atoms with E-state index >= 15 is 0 Å². The summed E-state index contributed by atoms with van der Waals surface area (Å²) in [6.07, 6.45) is 1.58. The number of ether oxygens (including phenoxy) is 2. The van der Waals surface area contributed by atoms with Gasteiger partial charge in [0.2, 0.25) is 0 Å². The van der Waals surface area contributed by atoms with E-state index in [-0.39, 0.29) is 11.9 Å². The summed E-state index contributed by atoms with van der Waals surface area (Å²) in [4.78, 5) is 31.4. The summed E-state index contributed by atoms with van der Waals surface area (Å²) < 4.78 is 10.4. The van der Waals surface area contributed by atoms with Gasteiger partial charge in [-0.15, -0.1) is 0 Å². The predicted octanol–water partition coefficient (Wildman–Crippen LogP) is 5.77. The van der Waals surface area contributed by atoms with Crippen molar-refractivity contribution in [3.63, 3.8) is 0 Å². The summed E-state index contributed by atoms with van der Waals surface area (Å²) in [5, 5.41) is 0. The topological polar surface area (TPSA) is 84.2 Å². The van der Waals surface area contributed by atoms with Crippen molar-refractivity contribution in [3.8, 4) is 22.5 Å². The van der Waals surface area contributed by atoms with Gasteiger partial charge in [0, 0.05) is 11.4 Å². The molecule has 32 heavy (non-hydrogen) atoms. The molecule has 0 aliphatic carbocycles. The summed E-state index contributed by atoms with van der Waals surface area (Å²) in [5.74, 6) is -0.677. The van der Waals surface area contributed by atoms with Crippen molar-refractivity contribution in [2.75, 3.05) is 13.2 Å². The van der Waals surface area contributed by atoms with E-state index < -0.39 is 0 Å². The number of esters is 2. The van der Waals surface area contributed by atoms with E-state index in [0.29, 0.717) is 24.6 Å². The minimum atomic E-state index is -0.338. The predicted molar refractivity (Wildman–Crippen MR) is 126 cm³/mol. The molecule has 0 fully saturated rings. The number of aromatic nitrogens is 2. The van der Waals surface area contributed by atoms with Crippen LogP contribution in [0.25, 0.3) is 22.5 Å². The average molecular weight is 437 g/mol. The Labute approximate surface area is 189 Å². The van der Waals surface area contributed by atoms with Crippen LogP contribution in [0.1, 0.15) is 70.9 Å². The SMILES string of the molecule is CCOC(=O)c1[nH]c(-c2cccc(-c3[nH]c(C(=O)OCC)c(C)c3CC)c2)c(CC)c1C. The van der Waals surface area contributed by atoms with Crippen molar-refractivity contribution in [1.82, 2.24) is 9.97 Å². The van der Waals surface area contributed by atoms with Crippen LogP contribution in [-0.4, -0.2) is 35.1 Å². The molecule has 3 rings (SSSR count). The Morgan fingerprint density at radius 2 is 1.16 bits per heavy atom. The molecular formula is C26H32N2O4. The fraction of sp³-hybridized carbons (Fsp3) is 0.385. The minimum Gasteiger partial charge on any atom is -0.461 e. The highest BCUT2D eigenvalue weighted by atomic mass is 16.5. The highest BCUT2D eigenvalue weighted by molar-refractivity contribution is 5.93. The second kappa shape index (κ2) is 9.90. The Bertz CT molecular complexity index is 1050. The Balaban J connectivity index is 2.11. The van der Waals surface area contributed by atoms with Crippen LogP contribution >= 0.6 is 0 Å². The van der Waals surface area contributed by atoms with Crippen LogP contribution in [0.2, 0.25) is 0 Å². The van der Waals surface area contributed by atoms with Gasteiger partial charge in [0.05, 0.1) is 13.2 Å². The van der Waals surface area contributed by atoms with Gasteiger partial charge in [-0.3, -0.25) is 0 Å². The van der Waals surface area contributed by atoms with Crippen molar-refractivity contribution in [3.05, 3.63) is 57.9 Å². The second-order valence-corrected chi connectivity index (χ2v) is 7.69. The molecule has 0 aliphatic heterocycles. The number of carbonyl (C=O) groups is 2. The molecule has 0 atom stereocenters. The first-order chi connectivity index (χ1) is 15.4. The van der Waals surface area contributed by atoms with E-state index in [0.717, 1.165) is 57.6 Å². The molecular weight excluding hydrogens is 404 g/mol. The van der Waals surface area contributed by atoms with Gasteiger partial charge in [0.25, 0.3) is 0 Å². The first kappa shape index (κ1) is 23.4. The lowest BCUT2D eigenvalue weighted by atomic mass is 9.98. The molecule has 0 spiro atoms. The third-order valence-electron chi connectivity index (χ3n) is 5.87. The minimum absolute atomic E-state index is 0.332. The van der Waals surface area contributed by atoms with Gasteiger partial charge < -0.3 is 19.4 Å². The maximum absolute atomic E-state index is 12.4. The summed E-state index contributed by atoms with van der Waals surface area (Å²) in [7, 11) is 0. The third-order valence-corrected chi connectivity index (χ3v) is 5.87. The monoisotopic (exact) mass is 436 g/mol. The maximum atomic E-state index is 12.4. The van der Waals surface area contributed by atoms with E-state index in [1.54, 1.807) is 13.8 Å². The van der Waals surface area contributed by atoms with Gasteiger partial charge in [0.1, 0.15) is 11.4 Å². The van der Waals surface area contributed by atoms with E-state index in [1.165, 1.54) is 0 Å². The number of benzene rings is 1. The fourth-order valence-electron chi connectivity index (χ4n) is 4.29. The van der Waals surface area contributed by atoms with Crippen molar-refractivity contribution >= 4 is 11.9 Å². The first-order valence-corrected chi connectivity index (χ1v) is 11.3. The van der Waals surface area contributed by atoms with E-state index in [1.807, 2.05) is 32.0 Å². The number of nitrogens with one attached hydrogen (secondary N) is 2. The van der Waals surface area contributed by atoms with Gasteiger partial charge in [-0.1, -0.05) is 32.0 Å². The molecule has 6 nitrogen and oxygen atoms in total. The summed E-state index contributed by atoms with van der Waals surface area (Å²) in [6, 6.07) is 8.12. The zero-order chi connectivity index (χ0) is 23.4. The number of carbonyl (C=O) groups excluding carboxylic acids is 2. The van der Waals surface area contributed by atoms with Crippen molar-refractivity contribution < 1.29 is 19.1 Å². The molecule has 0 amide bonds. The lowest BCUT2D eigenvalue weighted by Crippen LogP contribution is -2.06. The number of hydrogen-bond acceptors (Lipinski definition) is 4. The maximum Gasteiger partial charge on any atom is 0.355 e. The molecule has 0 saturated carbocycles. The van der Waals surface area contributed by atoms with Gasteiger partial charge in [-0.25, -0.2) is 9.59 Å². The summed E-state index contributed by atoms with van der Waals surface area (Å²) in [6.45, 7) is 12.3. The van der Waals surface area contributed by atoms with Crippen LogP contribution in [0, 0.1) is 13.8 Å². The highest BCUT2D eigenvalue weighted by Gasteiger charge is 2.22. The summed E-state index contributed by atoms with van der Waals surface area (Å²) in [5.41, 5.74) is 8.81. The first-order valence-electron chi connectivity index (χ1n) is 11.3. The molecule has 2 aromatic heterocycles. The molecule has 0 saturated heterocycles. The van der Waals surface area contributed by atoms with Crippen LogP contribution in [0.5, 0.6) is 0 Å². The van der Waals surface area contributed by atoms with Gasteiger partial charge in [-0.2, -0.15) is 0 Å². The molecule has 1 aromatic carbocycles. The molecule has 0 unspecified atom stereocenters. The van der Waals surface area contributed by atoms with Gasteiger partial charge in [-0.05, 0) is 80.0 Å². The van der Waals surface area contributed by atoms with Crippen LogP contribution in [0.4, 0.5) is 0 Å². The zero-order valence-corrected chi connectivity index (χ0v) is 19.8. The smallest absolute Gasteiger partial charge is 0.355 e. The molecule has 6 heteroatoms. The summed E-state index contributed by atoms with van der Waals surface area (Å²) >= 11 is 0. The highest BCUT2D eigenvalue weighted by Crippen LogP contribution is 2.34. The standard InChI is InChI=1S/C26H32N2O4/c1-7-19-15(5)21(25(29)31-9-3)27-23(19)17-12-11-13-18(14-17)24-20(8-2)16(6)22(28-24)26(30)32-10-4/h11-14,27-28H,7-10H2,1-6H3. The quantitative estimate of drug-likeness (QED) is 0.439. The van der Waals surface area contributed by atoms with Crippen LogP contribution in [0.15, 0.2) is 24.3 Å². The molecule has 0 radical (unpaired) electrons. The average Bonchev–Trinajstić information content (AvgIpc) is 3.30. The molecule has 0 aliphatic rings. The normalized spacial score (nSPS) is 10.9. The number of rotatable bonds is 8. The van der Waals surface area contributed by atoms with Crippen LogP contribution in [-0.2, 0) is 22.3 Å². The largest absolute Gasteiger partial charge is 0.461 e. The molecule has 170 valence electrons. The van der Waals surface area contributed by atoms with Crippen molar-refractivity contribution in [2.45, 2.75) is 54.4 Å². The zero-order valence-electron chi connectivity index (χ0n) is 19.8. The third kappa shape index (κ3) is 4.22. The van der Waals surface area contributed by atoms with E-state index in [2.05, 4.69) is 29.9 Å². The number of aromatic amines is 2. The fourth-order valence-corrected chi connectivity index (χ4v) is 4.29. The van der Waals surface area contributed by atoms with Gasteiger partial charge in [0.15, 0.2) is 0 Å². The lowest BCUT2D eigenvalue weighted by molar-refractivity contribution is 0.0510. The molecule has 2 N–H and O–H groups in total. The number of H-pyrrole nitrogens is 2. The Morgan fingerprint density at radius 3 is 1.50 bits per heavy atom. The molecule has 3 aromatic rings. The molecule has 0 bridgehead atoms.